The maximum atomic E-state index is 13.6. The molecule has 1 aliphatic heterocycles. The van der Waals surface area contributed by atoms with E-state index in [4.69, 9.17) is 4.74 Å². The molecule has 4 rings (SSSR count). The Morgan fingerprint density at radius 1 is 1.08 bits per heavy atom. The van der Waals surface area contributed by atoms with Gasteiger partial charge in [-0.1, -0.05) is 42.5 Å². The van der Waals surface area contributed by atoms with Crippen molar-refractivity contribution in [2.75, 3.05) is 31.5 Å². The minimum Gasteiger partial charge on any atom is -0.444 e. The summed E-state index contributed by atoms with van der Waals surface area (Å²) in [6.45, 7) is 7.14. The number of likely N-dealkylation sites (tertiary alicyclic amines) is 1. The van der Waals surface area contributed by atoms with Crippen LogP contribution in [0.2, 0.25) is 0 Å². The standard InChI is InChI=1S/C28H35N5O4S/c1-28(2,3)37-27(36)31-23(19-10-5-4-6-11-19)26(35)33-17-9-12-20(18-33)25(34)30-16-15-29-24-21-13-7-8-14-22(21)38-32-24/h4-8,10-11,13-14,20,23H,9,12,15-18H2,1-3H3,(H,29,32)(H,30,34)(H,31,36). The fourth-order valence-corrected chi connectivity index (χ4v) is 5.21. The van der Waals surface area contributed by atoms with Gasteiger partial charge in [0.25, 0.3) is 0 Å². The van der Waals surface area contributed by atoms with Crippen LogP contribution in [-0.4, -0.2) is 59.0 Å². The van der Waals surface area contributed by atoms with Crippen molar-refractivity contribution in [1.29, 1.82) is 0 Å². The lowest BCUT2D eigenvalue weighted by Crippen LogP contribution is -2.50. The van der Waals surface area contributed by atoms with Gasteiger partial charge >= 0.3 is 6.09 Å². The van der Waals surface area contributed by atoms with Gasteiger partial charge in [0.2, 0.25) is 11.8 Å². The molecule has 1 aromatic heterocycles. The number of anilines is 1. The minimum atomic E-state index is -0.898. The molecule has 1 saturated heterocycles. The number of carbonyl (C=O) groups excluding carboxylic acids is 3. The Balaban J connectivity index is 1.32. The number of ether oxygens (including phenoxy) is 1. The van der Waals surface area contributed by atoms with Gasteiger partial charge in [0.1, 0.15) is 17.5 Å². The van der Waals surface area contributed by atoms with Gasteiger partial charge < -0.3 is 25.6 Å². The second-order valence-electron chi connectivity index (χ2n) is 10.4. The summed E-state index contributed by atoms with van der Waals surface area (Å²) in [5, 5.41) is 10.1. The predicted molar refractivity (Wildman–Crippen MR) is 149 cm³/mol. The van der Waals surface area contributed by atoms with Gasteiger partial charge in [0.15, 0.2) is 0 Å². The molecule has 2 heterocycles. The van der Waals surface area contributed by atoms with Crippen molar-refractivity contribution in [3.05, 3.63) is 60.2 Å². The van der Waals surface area contributed by atoms with E-state index < -0.39 is 17.7 Å². The SMILES string of the molecule is CC(C)(C)OC(=O)NC(C(=O)N1CCCC(C(=O)NCCNc2nsc3ccccc23)C1)c1ccccc1. The van der Waals surface area contributed by atoms with Crippen molar-refractivity contribution >= 4 is 45.3 Å². The van der Waals surface area contributed by atoms with Gasteiger partial charge in [-0.05, 0) is 62.8 Å². The van der Waals surface area contributed by atoms with Crippen molar-refractivity contribution in [2.24, 2.45) is 5.92 Å². The highest BCUT2D eigenvalue weighted by atomic mass is 32.1. The Kier molecular flexibility index (Phi) is 8.83. The van der Waals surface area contributed by atoms with Gasteiger partial charge in [-0.2, -0.15) is 4.37 Å². The molecule has 0 bridgehead atoms. The van der Waals surface area contributed by atoms with E-state index in [1.807, 2.05) is 42.5 Å². The van der Waals surface area contributed by atoms with E-state index in [0.29, 0.717) is 44.6 Å². The van der Waals surface area contributed by atoms with Crippen LogP contribution in [0.5, 0.6) is 0 Å². The fourth-order valence-electron chi connectivity index (χ4n) is 4.46. The fraction of sp³-hybridized carbons (Fsp3) is 0.429. The average molecular weight is 538 g/mol. The maximum absolute atomic E-state index is 13.6. The van der Waals surface area contributed by atoms with Crippen LogP contribution in [0, 0.1) is 5.92 Å². The number of nitrogens with zero attached hydrogens (tertiary/aromatic N) is 2. The Morgan fingerprint density at radius 2 is 1.82 bits per heavy atom. The topological polar surface area (TPSA) is 113 Å². The minimum absolute atomic E-state index is 0.0798. The van der Waals surface area contributed by atoms with Crippen molar-refractivity contribution in [3.63, 3.8) is 0 Å². The number of aromatic nitrogens is 1. The molecule has 0 spiro atoms. The number of rotatable bonds is 8. The first-order valence-corrected chi connectivity index (χ1v) is 13.7. The summed E-state index contributed by atoms with van der Waals surface area (Å²) < 4.78 is 11.0. The van der Waals surface area contributed by atoms with Crippen LogP contribution in [0.15, 0.2) is 54.6 Å². The monoisotopic (exact) mass is 537 g/mol. The third-order valence-electron chi connectivity index (χ3n) is 6.24. The summed E-state index contributed by atoms with van der Waals surface area (Å²) in [6.07, 6.45) is 0.752. The quantitative estimate of drug-likeness (QED) is 0.369. The first kappa shape index (κ1) is 27.4. The van der Waals surface area contributed by atoms with Crippen molar-refractivity contribution in [3.8, 4) is 0 Å². The highest BCUT2D eigenvalue weighted by Crippen LogP contribution is 2.26. The molecule has 9 nitrogen and oxygen atoms in total. The van der Waals surface area contributed by atoms with E-state index >= 15 is 0 Å². The van der Waals surface area contributed by atoms with Crippen molar-refractivity contribution in [2.45, 2.75) is 45.3 Å². The summed E-state index contributed by atoms with van der Waals surface area (Å²) in [7, 11) is 0. The molecule has 38 heavy (non-hydrogen) atoms. The van der Waals surface area contributed by atoms with E-state index in [0.717, 1.165) is 15.9 Å². The van der Waals surface area contributed by atoms with Crippen LogP contribution < -0.4 is 16.0 Å². The lowest BCUT2D eigenvalue weighted by Gasteiger charge is -2.35. The number of carbonyl (C=O) groups is 3. The molecule has 3 aromatic rings. The third-order valence-corrected chi connectivity index (χ3v) is 7.07. The average Bonchev–Trinajstić information content (AvgIpc) is 3.32. The van der Waals surface area contributed by atoms with Crippen molar-refractivity contribution < 1.29 is 19.1 Å². The van der Waals surface area contributed by atoms with Gasteiger partial charge in [0, 0.05) is 31.6 Å². The molecular formula is C28H35N5O4S. The number of amides is 3. The number of nitrogens with one attached hydrogen (secondary N) is 3. The molecule has 10 heteroatoms. The zero-order valence-corrected chi connectivity index (χ0v) is 22.8. The second kappa shape index (κ2) is 12.3. The van der Waals surface area contributed by atoms with E-state index in [2.05, 4.69) is 20.3 Å². The van der Waals surface area contributed by atoms with Crippen LogP contribution >= 0.6 is 11.5 Å². The number of alkyl carbamates (subject to hydrolysis) is 1. The van der Waals surface area contributed by atoms with Crippen LogP contribution in [0.4, 0.5) is 10.6 Å². The molecule has 1 fully saturated rings. The van der Waals surface area contributed by atoms with Gasteiger partial charge in [0.05, 0.1) is 10.6 Å². The summed E-state index contributed by atoms with van der Waals surface area (Å²) in [6, 6.07) is 16.2. The predicted octanol–water partition coefficient (Wildman–Crippen LogP) is 4.33. The molecule has 3 amide bonds. The third kappa shape index (κ3) is 7.22. The number of hydrogen-bond acceptors (Lipinski definition) is 7. The van der Waals surface area contributed by atoms with E-state index in [1.54, 1.807) is 37.8 Å². The largest absolute Gasteiger partial charge is 0.444 e. The molecule has 3 N–H and O–H groups in total. The molecule has 1 aliphatic rings. The smallest absolute Gasteiger partial charge is 0.408 e. The van der Waals surface area contributed by atoms with Crippen LogP contribution in [0.1, 0.15) is 45.2 Å². The van der Waals surface area contributed by atoms with Crippen LogP contribution in [0.25, 0.3) is 10.1 Å². The highest BCUT2D eigenvalue weighted by molar-refractivity contribution is 7.13. The van der Waals surface area contributed by atoms with E-state index in [-0.39, 0.29) is 17.7 Å². The lowest BCUT2D eigenvalue weighted by molar-refractivity contribution is -0.137. The van der Waals surface area contributed by atoms with Gasteiger partial charge in [-0.25, -0.2) is 4.79 Å². The first-order valence-electron chi connectivity index (χ1n) is 12.9. The number of fused-ring (bicyclic) bond motifs is 1. The summed E-state index contributed by atoms with van der Waals surface area (Å²) in [5.41, 5.74) is -0.0278. The Bertz CT molecular complexity index is 1260. The van der Waals surface area contributed by atoms with Crippen LogP contribution in [-0.2, 0) is 14.3 Å². The number of hydrogen-bond donors (Lipinski definition) is 3. The maximum Gasteiger partial charge on any atom is 0.408 e. The zero-order chi connectivity index (χ0) is 27.1. The highest BCUT2D eigenvalue weighted by Gasteiger charge is 2.34. The Labute approximate surface area is 227 Å². The first-order chi connectivity index (χ1) is 18.2. The Morgan fingerprint density at radius 3 is 2.58 bits per heavy atom. The molecule has 2 atom stereocenters. The number of benzene rings is 2. The number of piperidine rings is 1. The van der Waals surface area contributed by atoms with Crippen molar-refractivity contribution in [1.82, 2.24) is 19.9 Å². The van der Waals surface area contributed by atoms with E-state index in [9.17, 15) is 14.4 Å². The van der Waals surface area contributed by atoms with Gasteiger partial charge in [-0.15, -0.1) is 0 Å². The molecule has 0 saturated carbocycles. The van der Waals surface area contributed by atoms with Crippen LogP contribution in [0.3, 0.4) is 0 Å². The molecular weight excluding hydrogens is 502 g/mol. The summed E-state index contributed by atoms with van der Waals surface area (Å²) in [5.74, 6) is 0.171. The lowest BCUT2D eigenvalue weighted by atomic mass is 9.95. The molecule has 0 aliphatic carbocycles. The zero-order valence-electron chi connectivity index (χ0n) is 22.0. The van der Waals surface area contributed by atoms with E-state index in [1.165, 1.54) is 11.5 Å². The summed E-state index contributed by atoms with van der Waals surface area (Å²) in [4.78, 5) is 40.7. The normalized spacial score (nSPS) is 16.5. The summed E-state index contributed by atoms with van der Waals surface area (Å²) >= 11 is 1.44. The second-order valence-corrected chi connectivity index (χ2v) is 11.2. The molecule has 2 unspecified atom stereocenters. The Hall–Kier alpha value is -3.66. The molecule has 0 radical (unpaired) electrons. The molecule has 202 valence electrons. The van der Waals surface area contributed by atoms with Gasteiger partial charge in [-0.3, -0.25) is 9.59 Å². The molecule has 2 aromatic carbocycles.